The second-order valence-electron chi connectivity index (χ2n) is 5.75. The van der Waals surface area contributed by atoms with E-state index in [2.05, 4.69) is 4.72 Å². The molecule has 0 aliphatic carbocycles. The molecule has 0 bridgehead atoms. The smallest absolute Gasteiger partial charge is 0.261 e. The van der Waals surface area contributed by atoms with Crippen molar-refractivity contribution in [2.45, 2.75) is 24.2 Å². The highest BCUT2D eigenvalue weighted by atomic mass is 32.2. The number of amides is 2. The minimum atomic E-state index is -3.81. The van der Waals surface area contributed by atoms with E-state index in [0.717, 1.165) is 10.5 Å². The van der Waals surface area contributed by atoms with E-state index in [4.69, 9.17) is 5.26 Å². The Hall–Kier alpha value is -3.18. The monoisotopic (exact) mass is 369 g/mol. The number of anilines is 2. The van der Waals surface area contributed by atoms with Crippen molar-refractivity contribution in [3.63, 3.8) is 0 Å². The van der Waals surface area contributed by atoms with Crippen molar-refractivity contribution in [2.24, 2.45) is 0 Å². The second kappa shape index (κ2) is 6.98. The van der Waals surface area contributed by atoms with Crippen LogP contribution in [0.3, 0.4) is 0 Å². The molecule has 1 aliphatic heterocycles. The summed E-state index contributed by atoms with van der Waals surface area (Å²) in [5.41, 5.74) is 1.53. The molecule has 0 spiro atoms. The Morgan fingerprint density at radius 2 is 1.54 bits per heavy atom. The third-order valence-corrected chi connectivity index (χ3v) is 5.34. The molecule has 0 atom stereocenters. The number of hydrogen-bond acceptors (Lipinski definition) is 5. The van der Waals surface area contributed by atoms with Crippen molar-refractivity contribution in [1.29, 1.82) is 5.26 Å². The zero-order chi connectivity index (χ0) is 18.7. The standard InChI is InChI=1S/C18H15N3O4S/c19-12-11-13-1-3-14(4-2-13)20-26(24,25)16-7-5-15(6-8-16)21-17(22)9-10-18(21)23/h1-8,20H,9-11H2. The summed E-state index contributed by atoms with van der Waals surface area (Å²) in [7, 11) is -3.81. The first kappa shape index (κ1) is 17.6. The summed E-state index contributed by atoms with van der Waals surface area (Å²) in [6, 6.07) is 14.1. The molecular weight excluding hydrogens is 354 g/mol. The molecule has 0 aromatic heterocycles. The van der Waals surface area contributed by atoms with E-state index in [1.54, 1.807) is 24.3 Å². The fourth-order valence-corrected chi connectivity index (χ4v) is 3.69. The van der Waals surface area contributed by atoms with Gasteiger partial charge < -0.3 is 0 Å². The van der Waals surface area contributed by atoms with Gasteiger partial charge in [0, 0.05) is 18.5 Å². The zero-order valence-corrected chi connectivity index (χ0v) is 14.5. The Balaban J connectivity index is 1.78. The third-order valence-electron chi connectivity index (χ3n) is 3.95. The topological polar surface area (TPSA) is 107 Å². The predicted molar refractivity (Wildman–Crippen MR) is 94.7 cm³/mol. The minimum Gasteiger partial charge on any atom is -0.280 e. The van der Waals surface area contributed by atoms with Crippen LogP contribution in [-0.4, -0.2) is 20.2 Å². The zero-order valence-electron chi connectivity index (χ0n) is 13.7. The molecular formula is C18H15N3O4S. The van der Waals surface area contributed by atoms with Gasteiger partial charge in [0.1, 0.15) is 0 Å². The van der Waals surface area contributed by atoms with Crippen molar-refractivity contribution in [2.75, 3.05) is 9.62 Å². The maximum absolute atomic E-state index is 12.5. The van der Waals surface area contributed by atoms with Gasteiger partial charge in [-0.2, -0.15) is 5.26 Å². The second-order valence-corrected chi connectivity index (χ2v) is 7.44. The summed E-state index contributed by atoms with van der Waals surface area (Å²) in [5.74, 6) is -0.581. The molecule has 2 aromatic rings. The summed E-state index contributed by atoms with van der Waals surface area (Å²) in [6.07, 6.45) is 0.590. The van der Waals surface area contributed by atoms with Crippen molar-refractivity contribution >= 4 is 33.2 Å². The Bertz CT molecular complexity index is 974. The first-order valence-electron chi connectivity index (χ1n) is 7.85. The average Bonchev–Trinajstić information content (AvgIpc) is 2.95. The van der Waals surface area contributed by atoms with E-state index >= 15 is 0 Å². The molecule has 0 unspecified atom stereocenters. The van der Waals surface area contributed by atoms with Gasteiger partial charge in [0.25, 0.3) is 10.0 Å². The van der Waals surface area contributed by atoms with E-state index in [-0.39, 0.29) is 36.0 Å². The van der Waals surface area contributed by atoms with Crippen LogP contribution in [-0.2, 0) is 26.0 Å². The summed E-state index contributed by atoms with van der Waals surface area (Å²) in [6.45, 7) is 0. The van der Waals surface area contributed by atoms with Crippen LogP contribution in [0.1, 0.15) is 18.4 Å². The molecule has 1 heterocycles. The predicted octanol–water partition coefficient (Wildman–Crippen LogP) is 2.21. The minimum absolute atomic E-state index is 0.0152. The van der Waals surface area contributed by atoms with Gasteiger partial charge in [-0.1, -0.05) is 12.1 Å². The Kier molecular flexibility index (Phi) is 4.73. The highest BCUT2D eigenvalue weighted by Gasteiger charge is 2.30. The Labute approximate surface area is 150 Å². The number of benzene rings is 2. The van der Waals surface area contributed by atoms with Gasteiger partial charge in [-0.15, -0.1) is 0 Å². The normalized spacial score (nSPS) is 14.3. The summed E-state index contributed by atoms with van der Waals surface area (Å²) in [4.78, 5) is 24.6. The van der Waals surface area contributed by atoms with Gasteiger partial charge in [0.15, 0.2) is 0 Å². The lowest BCUT2D eigenvalue weighted by Gasteiger charge is -2.14. The Morgan fingerprint density at radius 1 is 0.962 bits per heavy atom. The van der Waals surface area contributed by atoms with E-state index in [1.807, 2.05) is 6.07 Å². The quantitative estimate of drug-likeness (QED) is 0.813. The van der Waals surface area contributed by atoms with Gasteiger partial charge in [-0.3, -0.25) is 19.2 Å². The number of nitrogens with one attached hydrogen (secondary N) is 1. The van der Waals surface area contributed by atoms with Gasteiger partial charge in [0.2, 0.25) is 11.8 Å². The van der Waals surface area contributed by atoms with Crippen LogP contribution in [0.5, 0.6) is 0 Å². The fraction of sp³-hybridized carbons (Fsp3) is 0.167. The van der Waals surface area contributed by atoms with Crippen LogP contribution in [0, 0.1) is 11.3 Å². The van der Waals surface area contributed by atoms with Crippen LogP contribution in [0.2, 0.25) is 0 Å². The number of sulfonamides is 1. The highest BCUT2D eigenvalue weighted by molar-refractivity contribution is 7.92. The van der Waals surface area contributed by atoms with Crippen molar-refractivity contribution in [1.82, 2.24) is 0 Å². The van der Waals surface area contributed by atoms with Crippen molar-refractivity contribution in [3.05, 3.63) is 54.1 Å². The number of hydrogen-bond donors (Lipinski definition) is 1. The number of rotatable bonds is 5. The third kappa shape index (κ3) is 3.58. The first-order valence-corrected chi connectivity index (χ1v) is 9.33. The van der Waals surface area contributed by atoms with Gasteiger partial charge >= 0.3 is 0 Å². The number of nitriles is 1. The van der Waals surface area contributed by atoms with Crippen LogP contribution in [0.15, 0.2) is 53.4 Å². The number of carbonyl (C=O) groups is 2. The molecule has 8 heteroatoms. The molecule has 132 valence electrons. The molecule has 1 aliphatic rings. The molecule has 26 heavy (non-hydrogen) atoms. The van der Waals surface area contributed by atoms with Gasteiger partial charge in [-0.05, 0) is 42.0 Å². The molecule has 0 radical (unpaired) electrons. The summed E-state index contributed by atoms with van der Waals surface area (Å²) in [5, 5.41) is 8.65. The molecule has 1 saturated heterocycles. The molecule has 2 amide bonds. The lowest BCUT2D eigenvalue weighted by atomic mass is 10.1. The largest absolute Gasteiger partial charge is 0.280 e. The van der Waals surface area contributed by atoms with E-state index in [0.29, 0.717) is 11.4 Å². The SMILES string of the molecule is N#CCc1ccc(NS(=O)(=O)c2ccc(N3C(=O)CCC3=O)cc2)cc1. The van der Waals surface area contributed by atoms with Crippen LogP contribution >= 0.6 is 0 Å². The lowest BCUT2D eigenvalue weighted by molar-refractivity contribution is -0.121. The number of nitrogens with zero attached hydrogens (tertiary/aromatic N) is 2. The van der Waals surface area contributed by atoms with Crippen molar-refractivity contribution in [3.8, 4) is 6.07 Å². The lowest BCUT2D eigenvalue weighted by Crippen LogP contribution is -2.28. The highest BCUT2D eigenvalue weighted by Crippen LogP contribution is 2.25. The van der Waals surface area contributed by atoms with Gasteiger partial charge in [-0.25, -0.2) is 8.42 Å². The first-order chi connectivity index (χ1) is 12.4. The maximum Gasteiger partial charge on any atom is 0.261 e. The maximum atomic E-state index is 12.5. The molecule has 2 aromatic carbocycles. The van der Waals surface area contributed by atoms with Gasteiger partial charge in [0.05, 0.1) is 23.1 Å². The van der Waals surface area contributed by atoms with E-state index < -0.39 is 10.0 Å². The average molecular weight is 369 g/mol. The van der Waals surface area contributed by atoms with Crippen LogP contribution < -0.4 is 9.62 Å². The number of carbonyl (C=O) groups excluding carboxylic acids is 2. The Morgan fingerprint density at radius 3 is 2.08 bits per heavy atom. The van der Waals surface area contributed by atoms with Crippen molar-refractivity contribution < 1.29 is 18.0 Å². The van der Waals surface area contributed by atoms with Crippen LogP contribution in [0.25, 0.3) is 0 Å². The summed E-state index contributed by atoms with van der Waals surface area (Å²) < 4.78 is 27.4. The summed E-state index contributed by atoms with van der Waals surface area (Å²) >= 11 is 0. The number of imide groups is 1. The molecule has 3 rings (SSSR count). The molecule has 7 nitrogen and oxygen atoms in total. The van der Waals surface area contributed by atoms with E-state index in [9.17, 15) is 18.0 Å². The van der Waals surface area contributed by atoms with E-state index in [1.165, 1.54) is 24.3 Å². The fourth-order valence-electron chi connectivity index (χ4n) is 2.63. The molecule has 1 N–H and O–H groups in total. The van der Waals surface area contributed by atoms with Crippen LogP contribution in [0.4, 0.5) is 11.4 Å². The molecule has 0 saturated carbocycles. The molecule has 1 fully saturated rings.